The molecule has 1 saturated carbocycles. The lowest BCUT2D eigenvalue weighted by Crippen LogP contribution is -2.56. The molecule has 0 saturated heterocycles. The first-order chi connectivity index (χ1) is 12.0. The Bertz CT molecular complexity index is 659. The van der Waals surface area contributed by atoms with Crippen LogP contribution in [0.2, 0.25) is 0 Å². The zero-order chi connectivity index (χ0) is 19.7. The Morgan fingerprint density at radius 2 is 2.08 bits per heavy atom. The van der Waals surface area contributed by atoms with Crippen molar-refractivity contribution in [2.75, 3.05) is 0 Å². The molecule has 0 aliphatic heterocycles. The van der Waals surface area contributed by atoms with Crippen LogP contribution in [0.3, 0.4) is 0 Å². The van der Waals surface area contributed by atoms with Crippen LogP contribution in [0.25, 0.3) is 0 Å². The number of hydrogen-bond donors (Lipinski definition) is 2. The fourth-order valence-corrected chi connectivity index (χ4v) is 3.69. The first-order valence-corrected chi connectivity index (χ1v) is 8.79. The summed E-state index contributed by atoms with van der Waals surface area (Å²) in [5.74, 6) is -1.11. The van der Waals surface area contributed by atoms with Crippen LogP contribution in [-0.4, -0.2) is 33.7 Å². The summed E-state index contributed by atoms with van der Waals surface area (Å²) in [5, 5.41) is 23.8. The van der Waals surface area contributed by atoms with Crippen LogP contribution in [0.1, 0.15) is 47.0 Å². The maximum absolute atomic E-state index is 12.3. The average molecular weight is 366 g/mol. The van der Waals surface area contributed by atoms with Crippen molar-refractivity contribution in [2.45, 2.75) is 58.6 Å². The second kappa shape index (κ2) is 7.09. The minimum atomic E-state index is -1.44. The number of hydrogen-bond acceptors (Lipinski definition) is 5. The van der Waals surface area contributed by atoms with Crippen molar-refractivity contribution in [3.63, 3.8) is 0 Å². The van der Waals surface area contributed by atoms with E-state index in [1.807, 2.05) is 6.92 Å². The zero-order valence-electron chi connectivity index (χ0n) is 15.5. The summed E-state index contributed by atoms with van der Waals surface area (Å²) in [6, 6.07) is -1.06. The molecule has 2 aliphatic carbocycles. The Balaban J connectivity index is 2.43. The van der Waals surface area contributed by atoms with Gasteiger partial charge < -0.3 is 15.2 Å². The molecule has 2 rings (SSSR count). The van der Waals surface area contributed by atoms with Gasteiger partial charge in [-0.2, -0.15) is 0 Å². The quantitative estimate of drug-likeness (QED) is 0.551. The summed E-state index contributed by atoms with van der Waals surface area (Å²) in [4.78, 5) is 35.2. The van der Waals surface area contributed by atoms with Crippen molar-refractivity contribution < 1.29 is 24.4 Å². The van der Waals surface area contributed by atoms with E-state index in [1.165, 1.54) is 18.2 Å². The number of carboxylic acids is 1. The lowest BCUT2D eigenvalue weighted by molar-refractivity contribution is -0.419. The molecule has 8 nitrogen and oxygen atoms in total. The molecule has 144 valence electrons. The fourth-order valence-electron chi connectivity index (χ4n) is 3.69. The smallest absolute Gasteiger partial charge is 0.408 e. The van der Waals surface area contributed by atoms with Gasteiger partial charge in [0.25, 0.3) is 5.70 Å². The van der Waals surface area contributed by atoms with Crippen LogP contribution in [0.15, 0.2) is 23.9 Å². The highest BCUT2D eigenvalue weighted by molar-refractivity contribution is 5.81. The average Bonchev–Trinajstić information content (AvgIpc) is 3.31. The Morgan fingerprint density at radius 3 is 2.50 bits per heavy atom. The van der Waals surface area contributed by atoms with E-state index in [2.05, 4.69) is 5.32 Å². The van der Waals surface area contributed by atoms with Crippen molar-refractivity contribution in [3.8, 4) is 0 Å². The van der Waals surface area contributed by atoms with Crippen LogP contribution in [-0.2, 0) is 9.53 Å². The number of nitrogens with zero attached hydrogens (tertiary/aromatic N) is 1. The second-order valence-electron chi connectivity index (χ2n) is 7.90. The molecule has 0 heterocycles. The molecule has 0 aromatic heterocycles. The molecule has 2 unspecified atom stereocenters. The summed E-state index contributed by atoms with van der Waals surface area (Å²) < 4.78 is 5.23. The first kappa shape index (κ1) is 19.9. The van der Waals surface area contributed by atoms with Crippen molar-refractivity contribution in [2.24, 2.45) is 17.3 Å². The Hall–Kier alpha value is -2.38. The van der Waals surface area contributed by atoms with Gasteiger partial charge in [0.1, 0.15) is 11.0 Å². The summed E-state index contributed by atoms with van der Waals surface area (Å²) in [6.07, 6.45) is 5.46. The molecule has 8 heteroatoms. The van der Waals surface area contributed by atoms with Crippen molar-refractivity contribution in [1.82, 2.24) is 5.32 Å². The van der Waals surface area contributed by atoms with E-state index >= 15 is 0 Å². The van der Waals surface area contributed by atoms with Gasteiger partial charge in [-0.3, -0.25) is 14.9 Å². The molecular formula is C18H26N2O6. The third kappa shape index (κ3) is 4.05. The van der Waals surface area contributed by atoms with Crippen LogP contribution >= 0.6 is 0 Å². The summed E-state index contributed by atoms with van der Waals surface area (Å²) in [6.45, 7) is 6.97. The third-order valence-electron chi connectivity index (χ3n) is 4.88. The standard InChI is InChI=1S/C18H26N2O6/c1-5-13(11-6-7-11)18(15(21)22)9-8-12(20(24)25)10-14(18)19-16(23)26-17(2,3)4/h8-11,13-14H,5-7H2,1-4H3,(H,19,23)(H,21,22)/t13?,14-,18?/m1/s1. The number of aliphatic carboxylic acids is 1. The maximum Gasteiger partial charge on any atom is 0.408 e. The number of nitrogens with one attached hydrogen (secondary N) is 1. The van der Waals surface area contributed by atoms with E-state index in [9.17, 15) is 24.8 Å². The minimum Gasteiger partial charge on any atom is -0.481 e. The Kier molecular flexibility index (Phi) is 5.44. The molecular weight excluding hydrogens is 340 g/mol. The third-order valence-corrected chi connectivity index (χ3v) is 4.88. The van der Waals surface area contributed by atoms with E-state index < -0.39 is 34.0 Å². The number of carbonyl (C=O) groups excluding carboxylic acids is 1. The molecule has 2 N–H and O–H groups in total. The van der Waals surface area contributed by atoms with E-state index in [0.29, 0.717) is 6.42 Å². The van der Waals surface area contributed by atoms with Crippen molar-refractivity contribution in [1.29, 1.82) is 0 Å². The Morgan fingerprint density at radius 1 is 1.46 bits per heavy atom. The molecule has 0 spiro atoms. The van der Waals surface area contributed by atoms with E-state index in [-0.39, 0.29) is 17.5 Å². The highest BCUT2D eigenvalue weighted by atomic mass is 16.6. The predicted octanol–water partition coefficient (Wildman–Crippen LogP) is 3.12. The maximum atomic E-state index is 12.3. The van der Waals surface area contributed by atoms with Gasteiger partial charge in [-0.15, -0.1) is 0 Å². The van der Waals surface area contributed by atoms with Crippen molar-refractivity contribution >= 4 is 12.1 Å². The largest absolute Gasteiger partial charge is 0.481 e. The second-order valence-corrected chi connectivity index (χ2v) is 7.90. The van der Waals surface area contributed by atoms with Crippen LogP contribution in [0.4, 0.5) is 4.79 Å². The Labute approximate surface area is 152 Å². The summed E-state index contributed by atoms with van der Waals surface area (Å²) >= 11 is 0. The SMILES string of the molecule is CCC(C1CC1)C1(C(=O)O)C=CC([N+](=O)[O-])=C[C@H]1NC(=O)OC(C)(C)C. The topological polar surface area (TPSA) is 119 Å². The number of carbonyl (C=O) groups is 2. The molecule has 26 heavy (non-hydrogen) atoms. The van der Waals surface area contributed by atoms with Crippen molar-refractivity contribution in [3.05, 3.63) is 34.0 Å². The van der Waals surface area contributed by atoms with Gasteiger partial charge in [0.15, 0.2) is 0 Å². The molecule has 2 aliphatic rings. The van der Waals surface area contributed by atoms with Gasteiger partial charge in [-0.1, -0.05) is 19.4 Å². The van der Waals surface area contributed by atoms with Gasteiger partial charge in [0.05, 0.1) is 11.0 Å². The van der Waals surface area contributed by atoms with E-state index in [0.717, 1.165) is 12.8 Å². The van der Waals surface area contributed by atoms with Gasteiger partial charge >= 0.3 is 12.1 Å². The monoisotopic (exact) mass is 366 g/mol. The lowest BCUT2D eigenvalue weighted by atomic mass is 9.64. The first-order valence-electron chi connectivity index (χ1n) is 8.79. The number of allylic oxidation sites excluding steroid dienone is 1. The number of carboxylic acid groups (broad SMARTS) is 1. The molecule has 1 fully saturated rings. The summed E-state index contributed by atoms with van der Waals surface area (Å²) in [5.41, 5.74) is -2.45. The molecule has 0 aromatic carbocycles. The molecule has 0 aromatic rings. The predicted molar refractivity (Wildman–Crippen MR) is 93.9 cm³/mol. The zero-order valence-corrected chi connectivity index (χ0v) is 15.5. The highest BCUT2D eigenvalue weighted by Crippen LogP contribution is 2.51. The van der Waals surface area contributed by atoms with Gasteiger partial charge in [0.2, 0.25) is 0 Å². The molecule has 3 atom stereocenters. The minimum absolute atomic E-state index is 0.231. The highest BCUT2D eigenvalue weighted by Gasteiger charge is 2.56. The molecule has 0 radical (unpaired) electrons. The van der Waals surface area contributed by atoms with Crippen LogP contribution in [0, 0.1) is 27.4 Å². The number of alkyl carbamates (subject to hydrolysis) is 1. The lowest BCUT2D eigenvalue weighted by Gasteiger charge is -2.41. The van der Waals surface area contributed by atoms with E-state index in [1.54, 1.807) is 20.8 Å². The van der Waals surface area contributed by atoms with Gasteiger partial charge in [0, 0.05) is 12.2 Å². The number of nitro groups is 1. The van der Waals surface area contributed by atoms with Gasteiger partial charge in [-0.05, 0) is 45.4 Å². The number of rotatable bonds is 6. The summed E-state index contributed by atoms with van der Waals surface area (Å²) in [7, 11) is 0. The fraction of sp³-hybridized carbons (Fsp3) is 0.667. The number of amides is 1. The normalized spacial score (nSPS) is 26.6. The van der Waals surface area contributed by atoms with Gasteiger partial charge in [-0.25, -0.2) is 4.79 Å². The number of ether oxygens (including phenoxy) is 1. The van der Waals surface area contributed by atoms with Crippen LogP contribution in [0.5, 0.6) is 0 Å². The molecule has 1 amide bonds. The van der Waals surface area contributed by atoms with Crippen LogP contribution < -0.4 is 5.32 Å². The van der Waals surface area contributed by atoms with E-state index in [4.69, 9.17) is 4.74 Å². The molecule has 0 bridgehead atoms.